The van der Waals surface area contributed by atoms with Gasteiger partial charge in [-0.3, -0.25) is 4.79 Å². The summed E-state index contributed by atoms with van der Waals surface area (Å²) in [6.45, 7) is 8.17. The fourth-order valence-corrected chi connectivity index (χ4v) is 3.87. The van der Waals surface area contributed by atoms with Crippen LogP contribution in [0.3, 0.4) is 0 Å². The van der Waals surface area contributed by atoms with Crippen molar-refractivity contribution in [2.45, 2.75) is 45.6 Å². The zero-order chi connectivity index (χ0) is 21.6. The van der Waals surface area contributed by atoms with E-state index in [1.165, 1.54) is 17.7 Å². The molecule has 2 aliphatic heterocycles. The molecule has 2 N–H and O–H groups in total. The summed E-state index contributed by atoms with van der Waals surface area (Å²) in [5.74, 6) is 0.348. The summed E-state index contributed by atoms with van der Waals surface area (Å²) in [6, 6.07) is 6.12. The molecule has 2 aromatic carbocycles. The first kappa shape index (κ1) is 20.1. The molecule has 0 unspecified atom stereocenters. The number of fused-ring (bicyclic) bond motifs is 3. The van der Waals surface area contributed by atoms with Gasteiger partial charge in [-0.15, -0.1) is 0 Å². The fraction of sp³-hybridized carbons (Fsp3) is 0.320. The molecule has 1 atom stereocenters. The second-order valence-electron chi connectivity index (χ2n) is 8.65. The number of phenols is 2. The molecule has 4 rings (SSSR count). The van der Waals surface area contributed by atoms with Gasteiger partial charge in [0.2, 0.25) is 0 Å². The Hall–Kier alpha value is -3.21. The van der Waals surface area contributed by atoms with Crippen LogP contribution in [0.4, 0.5) is 0 Å². The third-order valence-electron chi connectivity index (χ3n) is 5.46. The van der Waals surface area contributed by atoms with E-state index in [2.05, 4.69) is 6.08 Å². The Morgan fingerprint density at radius 2 is 1.97 bits per heavy atom. The number of hydrogen-bond acceptors (Lipinski definition) is 5. The first-order valence-corrected chi connectivity index (χ1v) is 10.1. The molecule has 30 heavy (non-hydrogen) atoms. The summed E-state index contributed by atoms with van der Waals surface area (Å²) in [6.07, 6.45) is 6.68. The molecule has 0 aliphatic carbocycles. The van der Waals surface area contributed by atoms with Crippen molar-refractivity contribution in [3.63, 3.8) is 0 Å². The van der Waals surface area contributed by atoms with E-state index in [1.54, 1.807) is 6.07 Å². The van der Waals surface area contributed by atoms with Crippen molar-refractivity contribution in [2.24, 2.45) is 0 Å². The van der Waals surface area contributed by atoms with Crippen LogP contribution in [-0.2, 0) is 6.42 Å². The first-order valence-electron chi connectivity index (χ1n) is 10.1. The maximum absolute atomic E-state index is 13.4. The number of hydrogen-bond donors (Lipinski definition) is 2. The number of rotatable bonds is 3. The number of carbonyl (C=O) groups is 1. The topological polar surface area (TPSA) is 76.0 Å². The van der Waals surface area contributed by atoms with Gasteiger partial charge in [0.15, 0.2) is 5.78 Å². The van der Waals surface area contributed by atoms with Gasteiger partial charge >= 0.3 is 0 Å². The molecule has 5 heteroatoms. The molecule has 0 fully saturated rings. The number of ether oxygens (including phenoxy) is 2. The zero-order valence-corrected chi connectivity index (χ0v) is 17.7. The van der Waals surface area contributed by atoms with Gasteiger partial charge in [-0.1, -0.05) is 17.7 Å². The van der Waals surface area contributed by atoms with Crippen molar-refractivity contribution in [3.8, 4) is 23.0 Å². The van der Waals surface area contributed by atoms with E-state index in [9.17, 15) is 15.0 Å². The van der Waals surface area contributed by atoms with E-state index in [4.69, 9.17) is 9.47 Å². The van der Waals surface area contributed by atoms with Gasteiger partial charge in [0, 0.05) is 11.6 Å². The Morgan fingerprint density at radius 3 is 2.67 bits per heavy atom. The van der Waals surface area contributed by atoms with Gasteiger partial charge in [-0.2, -0.15) is 0 Å². The predicted molar refractivity (Wildman–Crippen MR) is 116 cm³/mol. The highest BCUT2D eigenvalue weighted by atomic mass is 16.5. The molecule has 2 heterocycles. The first-order chi connectivity index (χ1) is 14.2. The van der Waals surface area contributed by atoms with Crippen molar-refractivity contribution < 1.29 is 24.5 Å². The Kier molecular flexibility index (Phi) is 4.85. The molecule has 2 aromatic rings. The average Bonchev–Trinajstić information content (AvgIpc) is 2.66. The summed E-state index contributed by atoms with van der Waals surface area (Å²) in [7, 11) is 0. The van der Waals surface area contributed by atoms with Gasteiger partial charge < -0.3 is 19.7 Å². The molecule has 2 aliphatic rings. The Balaban J connectivity index is 1.83. The molecule has 0 saturated heterocycles. The summed E-state index contributed by atoms with van der Waals surface area (Å²) >= 11 is 0. The van der Waals surface area contributed by atoms with Crippen LogP contribution in [0.25, 0.3) is 6.08 Å². The lowest BCUT2D eigenvalue weighted by Crippen LogP contribution is -2.31. The molecule has 0 spiro atoms. The zero-order valence-electron chi connectivity index (χ0n) is 17.7. The van der Waals surface area contributed by atoms with Gasteiger partial charge in [0.05, 0.1) is 17.0 Å². The number of aromatic hydroxyl groups is 2. The van der Waals surface area contributed by atoms with Gasteiger partial charge in [-0.05, 0) is 64.0 Å². The summed E-state index contributed by atoms with van der Waals surface area (Å²) < 4.78 is 12.3. The molecule has 0 bridgehead atoms. The second-order valence-corrected chi connectivity index (χ2v) is 8.65. The van der Waals surface area contributed by atoms with Gasteiger partial charge in [0.25, 0.3) is 0 Å². The van der Waals surface area contributed by atoms with E-state index >= 15 is 0 Å². The van der Waals surface area contributed by atoms with Crippen LogP contribution in [0.1, 0.15) is 60.7 Å². The molecular formula is C25H26O5. The molecule has 5 nitrogen and oxygen atoms in total. The average molecular weight is 406 g/mol. The number of benzene rings is 2. The van der Waals surface area contributed by atoms with Crippen LogP contribution in [0, 0.1) is 0 Å². The Labute approximate surface area is 176 Å². The highest BCUT2D eigenvalue weighted by Gasteiger charge is 2.36. The second kappa shape index (κ2) is 7.24. The minimum absolute atomic E-state index is 0.0520. The van der Waals surface area contributed by atoms with E-state index in [0.717, 1.165) is 16.9 Å². The maximum Gasteiger partial charge on any atom is 0.177 e. The quantitative estimate of drug-likeness (QED) is 0.690. The van der Waals surface area contributed by atoms with Crippen LogP contribution in [0.2, 0.25) is 0 Å². The SMILES string of the molecule is CC(C)=CCc1cc2c(c3c1OC(C)(C)C=C3)OC[C@H](c1ccc(O)cc1O)C2=O. The minimum Gasteiger partial charge on any atom is -0.508 e. The fourth-order valence-electron chi connectivity index (χ4n) is 3.87. The largest absolute Gasteiger partial charge is 0.508 e. The van der Waals surface area contributed by atoms with Crippen LogP contribution in [-0.4, -0.2) is 28.2 Å². The lowest BCUT2D eigenvalue weighted by molar-refractivity contribution is 0.0892. The monoisotopic (exact) mass is 406 g/mol. The van der Waals surface area contributed by atoms with Crippen molar-refractivity contribution in [2.75, 3.05) is 6.61 Å². The molecule has 0 saturated carbocycles. The van der Waals surface area contributed by atoms with E-state index in [0.29, 0.717) is 23.3 Å². The van der Waals surface area contributed by atoms with E-state index in [-0.39, 0.29) is 23.9 Å². The number of Topliss-reactive ketones (excluding diaryl/α,β-unsaturated/α-hetero) is 1. The summed E-state index contributed by atoms with van der Waals surface area (Å²) in [5.41, 5.74) is 3.38. The Bertz CT molecular complexity index is 1090. The lowest BCUT2D eigenvalue weighted by Gasteiger charge is -2.33. The highest BCUT2D eigenvalue weighted by molar-refractivity contribution is 6.06. The van der Waals surface area contributed by atoms with Crippen LogP contribution in [0.15, 0.2) is 42.0 Å². The van der Waals surface area contributed by atoms with E-state index < -0.39 is 11.5 Å². The lowest BCUT2D eigenvalue weighted by atomic mass is 9.85. The highest BCUT2D eigenvalue weighted by Crippen LogP contribution is 2.46. The molecule has 0 aromatic heterocycles. The normalized spacial score (nSPS) is 18.7. The van der Waals surface area contributed by atoms with Crippen molar-refractivity contribution >= 4 is 11.9 Å². The third kappa shape index (κ3) is 3.56. The summed E-state index contributed by atoms with van der Waals surface area (Å²) in [4.78, 5) is 13.4. The van der Waals surface area contributed by atoms with Crippen molar-refractivity contribution in [1.29, 1.82) is 0 Å². The predicted octanol–water partition coefficient (Wildman–Crippen LogP) is 5.15. The standard InChI is InChI=1S/C25H26O5/c1-14(2)5-6-15-11-19-22(28)20(17-8-7-16(26)12-21(17)27)13-29-24(19)18-9-10-25(3,4)30-23(15)18/h5,7-12,20,26-27H,6,13H2,1-4H3/t20-/m1/s1. The number of allylic oxidation sites excluding steroid dienone is 2. The van der Waals surface area contributed by atoms with Crippen molar-refractivity contribution in [3.05, 3.63) is 64.2 Å². The molecule has 156 valence electrons. The van der Waals surface area contributed by atoms with Gasteiger partial charge in [-0.25, -0.2) is 0 Å². The molecule has 0 radical (unpaired) electrons. The van der Waals surface area contributed by atoms with Crippen molar-refractivity contribution in [1.82, 2.24) is 0 Å². The summed E-state index contributed by atoms with van der Waals surface area (Å²) in [5, 5.41) is 19.8. The van der Waals surface area contributed by atoms with Crippen LogP contribution >= 0.6 is 0 Å². The van der Waals surface area contributed by atoms with Gasteiger partial charge in [0.1, 0.15) is 35.2 Å². The molecule has 0 amide bonds. The van der Waals surface area contributed by atoms with Crippen LogP contribution in [0.5, 0.6) is 23.0 Å². The number of phenolic OH excluding ortho intramolecular Hbond substituents is 2. The maximum atomic E-state index is 13.4. The minimum atomic E-state index is -0.641. The van der Waals surface area contributed by atoms with E-state index in [1.807, 2.05) is 45.9 Å². The van der Waals surface area contributed by atoms with Crippen LogP contribution < -0.4 is 9.47 Å². The Morgan fingerprint density at radius 1 is 1.20 bits per heavy atom. The molecular weight excluding hydrogens is 380 g/mol. The smallest absolute Gasteiger partial charge is 0.177 e. The number of carbonyl (C=O) groups excluding carboxylic acids is 1. The number of ketones is 1. The third-order valence-corrected chi connectivity index (χ3v) is 5.46.